The molecule has 2 aromatic rings. The van der Waals surface area contributed by atoms with Crippen LogP contribution in [0.1, 0.15) is 18.5 Å². The van der Waals surface area contributed by atoms with Gasteiger partial charge in [-0.15, -0.1) is 0 Å². The molecule has 25 heavy (non-hydrogen) atoms. The zero-order valence-electron chi connectivity index (χ0n) is 14.5. The summed E-state index contributed by atoms with van der Waals surface area (Å²) in [7, 11) is 0. The average molecular weight is 340 g/mol. The van der Waals surface area contributed by atoms with Crippen LogP contribution in [0.4, 0.5) is 5.82 Å². The summed E-state index contributed by atoms with van der Waals surface area (Å²) in [6.45, 7) is 6.36. The number of nitrogens with zero attached hydrogens (tertiary/aromatic N) is 3. The first-order valence-electron chi connectivity index (χ1n) is 8.89. The second kappa shape index (κ2) is 6.61. The Kier molecular flexibility index (Phi) is 4.31. The highest BCUT2D eigenvalue weighted by Crippen LogP contribution is 2.32. The van der Waals surface area contributed by atoms with Crippen molar-refractivity contribution < 1.29 is 9.84 Å². The first-order valence-corrected chi connectivity index (χ1v) is 8.89. The predicted octanol–water partition coefficient (Wildman–Crippen LogP) is 2.12. The van der Waals surface area contributed by atoms with Gasteiger partial charge >= 0.3 is 0 Å². The number of ether oxygens (including phenoxy) is 1. The number of phenolic OH excluding ortho intramolecular Hbond substituents is 1. The molecule has 0 amide bonds. The van der Waals surface area contributed by atoms with E-state index in [0.29, 0.717) is 11.4 Å². The molecule has 1 spiro atoms. The van der Waals surface area contributed by atoms with Crippen LogP contribution < -0.4 is 10.2 Å². The Hall–Kier alpha value is -2.18. The number of para-hydroxylation sites is 1. The smallest absolute Gasteiger partial charge is 0.165 e. The number of benzene rings is 1. The molecule has 4 rings (SSSR count). The van der Waals surface area contributed by atoms with Gasteiger partial charge in [0, 0.05) is 24.8 Å². The summed E-state index contributed by atoms with van der Waals surface area (Å²) in [4.78, 5) is 11.6. The minimum absolute atomic E-state index is 0.0720. The molecule has 132 valence electrons. The van der Waals surface area contributed by atoms with Crippen molar-refractivity contribution in [1.82, 2.24) is 15.3 Å². The largest absolute Gasteiger partial charge is 0.507 e. The molecule has 1 aromatic carbocycles. The molecule has 0 atom stereocenters. The Morgan fingerprint density at radius 1 is 1.20 bits per heavy atom. The molecule has 0 saturated carbocycles. The molecule has 6 nitrogen and oxygen atoms in total. The molecule has 2 aliphatic rings. The molecule has 0 bridgehead atoms. The number of rotatable bonds is 2. The Morgan fingerprint density at radius 2 is 2.00 bits per heavy atom. The number of aryl methyl sites for hydroxylation is 1. The first kappa shape index (κ1) is 16.3. The van der Waals surface area contributed by atoms with Crippen molar-refractivity contribution in [2.75, 3.05) is 37.7 Å². The number of morpholine rings is 1. The second-order valence-corrected chi connectivity index (χ2v) is 6.91. The zero-order chi connectivity index (χ0) is 17.3. The van der Waals surface area contributed by atoms with Crippen molar-refractivity contribution in [3.8, 4) is 17.1 Å². The van der Waals surface area contributed by atoms with Crippen LogP contribution in [0.15, 0.2) is 30.3 Å². The standard InChI is InChI=1S/C19H24N4O2/c1-14-12-17(22-18(21-14)15-4-2-3-5-16(15)24)23-10-11-25-19(13-23)6-8-20-9-7-19/h2-5,12,20,24H,6-11,13H2,1H3. The monoisotopic (exact) mass is 340 g/mol. The average Bonchev–Trinajstić information content (AvgIpc) is 2.62. The summed E-state index contributed by atoms with van der Waals surface area (Å²) in [6, 6.07) is 9.22. The Bertz CT molecular complexity index is 753. The topological polar surface area (TPSA) is 70.5 Å². The predicted molar refractivity (Wildman–Crippen MR) is 96.9 cm³/mol. The number of phenols is 1. The van der Waals surface area contributed by atoms with Crippen molar-refractivity contribution in [3.05, 3.63) is 36.0 Å². The molecule has 2 saturated heterocycles. The third-order valence-electron chi connectivity index (χ3n) is 5.07. The number of nitrogens with one attached hydrogen (secondary N) is 1. The summed E-state index contributed by atoms with van der Waals surface area (Å²) < 4.78 is 6.16. The number of aromatic hydroxyl groups is 1. The minimum atomic E-state index is -0.0720. The fourth-order valence-electron chi connectivity index (χ4n) is 3.72. The highest BCUT2D eigenvalue weighted by molar-refractivity contribution is 5.65. The fourth-order valence-corrected chi connectivity index (χ4v) is 3.72. The zero-order valence-corrected chi connectivity index (χ0v) is 14.5. The van der Waals surface area contributed by atoms with Gasteiger partial charge in [-0.1, -0.05) is 12.1 Å². The third-order valence-corrected chi connectivity index (χ3v) is 5.07. The van der Waals surface area contributed by atoms with Crippen molar-refractivity contribution in [2.45, 2.75) is 25.4 Å². The van der Waals surface area contributed by atoms with Gasteiger partial charge in [-0.05, 0) is 45.0 Å². The van der Waals surface area contributed by atoms with E-state index in [1.54, 1.807) is 12.1 Å². The van der Waals surface area contributed by atoms with Crippen LogP contribution in [0.2, 0.25) is 0 Å². The molecular weight excluding hydrogens is 316 g/mol. The maximum Gasteiger partial charge on any atom is 0.165 e. The highest BCUT2D eigenvalue weighted by atomic mass is 16.5. The second-order valence-electron chi connectivity index (χ2n) is 6.91. The van der Waals surface area contributed by atoms with Crippen LogP contribution in [-0.4, -0.2) is 53.5 Å². The fraction of sp³-hybridized carbons (Fsp3) is 0.474. The number of aromatic nitrogens is 2. The van der Waals surface area contributed by atoms with E-state index in [-0.39, 0.29) is 11.4 Å². The van der Waals surface area contributed by atoms with Gasteiger partial charge in [0.05, 0.1) is 17.8 Å². The van der Waals surface area contributed by atoms with Crippen molar-refractivity contribution in [1.29, 1.82) is 0 Å². The van der Waals surface area contributed by atoms with Gasteiger partial charge in [-0.2, -0.15) is 0 Å². The van der Waals surface area contributed by atoms with E-state index in [2.05, 4.69) is 15.2 Å². The summed E-state index contributed by atoms with van der Waals surface area (Å²) in [5.74, 6) is 1.68. The first-order chi connectivity index (χ1) is 12.2. The number of hydrogen-bond acceptors (Lipinski definition) is 6. The maximum atomic E-state index is 10.1. The molecule has 2 fully saturated rings. The van der Waals surface area contributed by atoms with Gasteiger partial charge in [0.1, 0.15) is 11.6 Å². The van der Waals surface area contributed by atoms with E-state index in [0.717, 1.165) is 57.1 Å². The van der Waals surface area contributed by atoms with E-state index in [9.17, 15) is 5.11 Å². The Morgan fingerprint density at radius 3 is 2.80 bits per heavy atom. The van der Waals surface area contributed by atoms with Crippen LogP contribution in [0.3, 0.4) is 0 Å². The number of hydrogen-bond donors (Lipinski definition) is 2. The lowest BCUT2D eigenvalue weighted by Gasteiger charge is -2.45. The summed E-state index contributed by atoms with van der Waals surface area (Å²) >= 11 is 0. The van der Waals surface area contributed by atoms with Crippen LogP contribution in [0.25, 0.3) is 11.4 Å². The lowest BCUT2D eigenvalue weighted by Crippen LogP contribution is -2.56. The normalized spacial score (nSPS) is 20.0. The Balaban J connectivity index is 1.65. The molecular formula is C19H24N4O2. The van der Waals surface area contributed by atoms with Crippen LogP contribution in [0, 0.1) is 6.92 Å². The van der Waals surface area contributed by atoms with Gasteiger partial charge in [0.25, 0.3) is 0 Å². The van der Waals surface area contributed by atoms with E-state index >= 15 is 0 Å². The molecule has 2 N–H and O–H groups in total. The Labute approximate surface area is 147 Å². The van der Waals surface area contributed by atoms with Crippen LogP contribution in [0.5, 0.6) is 5.75 Å². The molecule has 3 heterocycles. The van der Waals surface area contributed by atoms with E-state index in [1.165, 1.54) is 0 Å². The van der Waals surface area contributed by atoms with E-state index in [4.69, 9.17) is 9.72 Å². The molecule has 0 aliphatic carbocycles. The minimum Gasteiger partial charge on any atom is -0.507 e. The molecule has 2 aliphatic heterocycles. The third kappa shape index (κ3) is 3.32. The summed E-state index contributed by atoms with van der Waals surface area (Å²) in [6.07, 6.45) is 2.06. The molecule has 1 aromatic heterocycles. The lowest BCUT2D eigenvalue weighted by atomic mass is 9.90. The van der Waals surface area contributed by atoms with Crippen LogP contribution >= 0.6 is 0 Å². The van der Waals surface area contributed by atoms with Gasteiger partial charge in [0.2, 0.25) is 0 Å². The van der Waals surface area contributed by atoms with Gasteiger partial charge in [-0.3, -0.25) is 0 Å². The summed E-state index contributed by atoms with van der Waals surface area (Å²) in [5, 5.41) is 13.5. The van der Waals surface area contributed by atoms with Crippen LogP contribution in [-0.2, 0) is 4.74 Å². The van der Waals surface area contributed by atoms with Gasteiger partial charge < -0.3 is 20.1 Å². The number of anilines is 1. The maximum absolute atomic E-state index is 10.1. The SMILES string of the molecule is Cc1cc(N2CCOC3(CCNCC3)C2)nc(-c2ccccc2O)n1. The summed E-state index contributed by atoms with van der Waals surface area (Å²) in [5.41, 5.74) is 1.49. The van der Waals surface area contributed by atoms with Gasteiger partial charge in [-0.25, -0.2) is 9.97 Å². The molecule has 6 heteroatoms. The van der Waals surface area contributed by atoms with Crippen molar-refractivity contribution in [3.63, 3.8) is 0 Å². The lowest BCUT2D eigenvalue weighted by molar-refractivity contribution is -0.0740. The molecule has 0 unspecified atom stereocenters. The number of piperidine rings is 1. The van der Waals surface area contributed by atoms with E-state index < -0.39 is 0 Å². The molecule has 0 radical (unpaired) electrons. The quantitative estimate of drug-likeness (QED) is 0.873. The van der Waals surface area contributed by atoms with Gasteiger partial charge in [0.15, 0.2) is 5.82 Å². The van der Waals surface area contributed by atoms with Crippen molar-refractivity contribution >= 4 is 5.82 Å². The van der Waals surface area contributed by atoms with E-state index in [1.807, 2.05) is 25.1 Å². The van der Waals surface area contributed by atoms with Crippen molar-refractivity contribution in [2.24, 2.45) is 0 Å². The highest BCUT2D eigenvalue weighted by Gasteiger charge is 2.38.